The third-order valence-electron chi connectivity index (χ3n) is 3.80. The van der Waals surface area contributed by atoms with Gasteiger partial charge in [-0.2, -0.15) is 0 Å². The van der Waals surface area contributed by atoms with Crippen LogP contribution < -0.4 is 15.4 Å². The van der Waals surface area contributed by atoms with Gasteiger partial charge in [0.05, 0.1) is 11.1 Å². The number of carbonyl (C=O) groups excluding carboxylic acids is 2. The van der Waals surface area contributed by atoms with Gasteiger partial charge in [-0.25, -0.2) is 0 Å². The van der Waals surface area contributed by atoms with Crippen molar-refractivity contribution in [2.45, 2.75) is 13.8 Å². The highest BCUT2D eigenvalue weighted by Crippen LogP contribution is 2.34. The third-order valence-corrected chi connectivity index (χ3v) is 4.05. The number of benzene rings is 2. The Labute approximate surface area is 145 Å². The van der Waals surface area contributed by atoms with Crippen LogP contribution in [0.15, 0.2) is 42.5 Å². The Balaban J connectivity index is 1.81. The van der Waals surface area contributed by atoms with Crippen molar-refractivity contribution in [1.29, 1.82) is 0 Å². The highest BCUT2D eigenvalue weighted by atomic mass is 35.5. The molecule has 24 heavy (non-hydrogen) atoms. The average Bonchev–Trinajstić information content (AvgIpc) is 2.64. The number of hydrogen-bond donors (Lipinski definition) is 2. The fourth-order valence-electron chi connectivity index (χ4n) is 2.25. The summed E-state index contributed by atoms with van der Waals surface area (Å²) in [6.07, 6.45) is 0. The summed E-state index contributed by atoms with van der Waals surface area (Å²) in [7, 11) is 0. The van der Waals surface area contributed by atoms with E-state index in [4.69, 9.17) is 16.3 Å². The molecule has 0 saturated heterocycles. The number of hydrogen-bond acceptors (Lipinski definition) is 3. The predicted molar refractivity (Wildman–Crippen MR) is 93.8 cm³/mol. The zero-order valence-electron chi connectivity index (χ0n) is 13.4. The van der Waals surface area contributed by atoms with Crippen molar-refractivity contribution in [2.75, 3.05) is 17.2 Å². The number of halogens is 1. The highest BCUT2D eigenvalue weighted by Gasteiger charge is 2.32. The van der Waals surface area contributed by atoms with Crippen LogP contribution in [0.5, 0.6) is 5.75 Å². The molecule has 0 radical (unpaired) electrons. The van der Waals surface area contributed by atoms with Gasteiger partial charge >= 0.3 is 0 Å². The lowest BCUT2D eigenvalue weighted by atomic mass is 9.94. The van der Waals surface area contributed by atoms with E-state index in [0.29, 0.717) is 34.3 Å². The Morgan fingerprint density at radius 1 is 1.21 bits per heavy atom. The number of amides is 2. The van der Waals surface area contributed by atoms with Crippen LogP contribution in [0.2, 0.25) is 5.02 Å². The van der Waals surface area contributed by atoms with E-state index in [9.17, 15) is 9.59 Å². The van der Waals surface area contributed by atoms with Crippen molar-refractivity contribution in [3.8, 4) is 5.75 Å². The average molecular weight is 345 g/mol. The molecule has 0 atom stereocenters. The molecule has 6 heteroatoms. The Kier molecular flexibility index (Phi) is 4.20. The molecule has 2 amide bonds. The number of carbonyl (C=O) groups is 2. The van der Waals surface area contributed by atoms with Gasteiger partial charge in [-0.1, -0.05) is 11.6 Å². The molecule has 124 valence electrons. The van der Waals surface area contributed by atoms with Crippen LogP contribution in [0.4, 0.5) is 11.4 Å². The zero-order chi connectivity index (χ0) is 17.3. The van der Waals surface area contributed by atoms with Crippen molar-refractivity contribution in [3.63, 3.8) is 0 Å². The maximum Gasteiger partial charge on any atom is 0.255 e. The molecule has 0 aromatic heterocycles. The summed E-state index contributed by atoms with van der Waals surface area (Å²) in [4.78, 5) is 24.5. The summed E-state index contributed by atoms with van der Waals surface area (Å²) in [6, 6.07) is 11.8. The smallest absolute Gasteiger partial charge is 0.255 e. The number of fused-ring (bicyclic) bond motifs is 1. The van der Waals surface area contributed by atoms with Crippen molar-refractivity contribution in [2.24, 2.45) is 5.41 Å². The van der Waals surface area contributed by atoms with Gasteiger partial charge in [-0.15, -0.1) is 0 Å². The third kappa shape index (κ3) is 3.36. The second kappa shape index (κ2) is 6.17. The second-order valence-corrected chi connectivity index (χ2v) is 6.74. The molecule has 1 aliphatic heterocycles. The lowest BCUT2D eigenvalue weighted by molar-refractivity contribution is -0.124. The van der Waals surface area contributed by atoms with Gasteiger partial charge in [-0.05, 0) is 56.3 Å². The van der Waals surface area contributed by atoms with E-state index in [-0.39, 0.29) is 11.8 Å². The van der Waals surface area contributed by atoms with E-state index < -0.39 is 5.41 Å². The highest BCUT2D eigenvalue weighted by molar-refractivity contribution is 6.30. The van der Waals surface area contributed by atoms with Crippen LogP contribution in [0, 0.1) is 5.41 Å². The number of anilines is 2. The summed E-state index contributed by atoms with van der Waals surface area (Å²) < 4.78 is 5.68. The molecule has 0 saturated carbocycles. The number of rotatable bonds is 2. The molecule has 1 heterocycles. The Morgan fingerprint density at radius 2 is 1.92 bits per heavy atom. The molecule has 5 nitrogen and oxygen atoms in total. The summed E-state index contributed by atoms with van der Waals surface area (Å²) in [5, 5.41) is 6.20. The minimum atomic E-state index is -0.619. The lowest BCUT2D eigenvalue weighted by Crippen LogP contribution is -2.33. The van der Waals surface area contributed by atoms with Gasteiger partial charge in [0.2, 0.25) is 5.91 Å². The van der Waals surface area contributed by atoms with Gasteiger partial charge in [0.1, 0.15) is 12.4 Å². The summed E-state index contributed by atoms with van der Waals surface area (Å²) in [5.41, 5.74) is 0.985. The van der Waals surface area contributed by atoms with Crippen LogP contribution in [0.3, 0.4) is 0 Å². The van der Waals surface area contributed by atoms with Crippen LogP contribution in [0.1, 0.15) is 24.2 Å². The van der Waals surface area contributed by atoms with Crippen molar-refractivity contribution >= 4 is 34.8 Å². The van der Waals surface area contributed by atoms with E-state index in [0.717, 1.165) is 0 Å². The SMILES string of the molecule is CC1(C)COc2ccc(NC(=O)c3ccc(Cl)cc3)cc2NC1=O. The van der Waals surface area contributed by atoms with Crippen molar-refractivity contribution in [1.82, 2.24) is 0 Å². The minimum absolute atomic E-state index is 0.123. The zero-order valence-corrected chi connectivity index (χ0v) is 14.1. The molecular formula is C18H17ClN2O3. The van der Waals surface area contributed by atoms with Gasteiger partial charge < -0.3 is 15.4 Å². The fraction of sp³-hybridized carbons (Fsp3) is 0.222. The van der Waals surface area contributed by atoms with Gasteiger partial charge in [0.25, 0.3) is 5.91 Å². The van der Waals surface area contributed by atoms with E-state index in [1.165, 1.54) is 0 Å². The van der Waals surface area contributed by atoms with E-state index in [1.54, 1.807) is 42.5 Å². The minimum Gasteiger partial charge on any atom is -0.490 e. The Hall–Kier alpha value is -2.53. The van der Waals surface area contributed by atoms with Gasteiger partial charge in [0.15, 0.2) is 0 Å². The van der Waals surface area contributed by atoms with Crippen LogP contribution >= 0.6 is 11.6 Å². The molecule has 0 bridgehead atoms. The monoisotopic (exact) mass is 344 g/mol. The van der Waals surface area contributed by atoms with Crippen LogP contribution in [-0.4, -0.2) is 18.4 Å². The summed E-state index contributed by atoms with van der Waals surface area (Å²) >= 11 is 5.82. The topological polar surface area (TPSA) is 67.4 Å². The molecule has 0 spiro atoms. The van der Waals surface area contributed by atoms with Crippen molar-refractivity contribution in [3.05, 3.63) is 53.1 Å². The number of nitrogens with one attached hydrogen (secondary N) is 2. The first-order chi connectivity index (χ1) is 11.3. The molecule has 0 aliphatic carbocycles. The standard InChI is InChI=1S/C18H17ClN2O3/c1-18(2)10-24-15-8-7-13(9-14(15)21-17(18)23)20-16(22)11-3-5-12(19)6-4-11/h3-9H,10H2,1-2H3,(H,20,22)(H,21,23). The second-order valence-electron chi connectivity index (χ2n) is 6.30. The number of ether oxygens (including phenoxy) is 1. The largest absolute Gasteiger partial charge is 0.490 e. The normalized spacial score (nSPS) is 15.5. The molecule has 3 rings (SSSR count). The lowest BCUT2D eigenvalue weighted by Gasteiger charge is -2.18. The van der Waals surface area contributed by atoms with Gasteiger partial charge in [0, 0.05) is 16.3 Å². The first-order valence-corrected chi connectivity index (χ1v) is 7.88. The van der Waals surface area contributed by atoms with Gasteiger partial charge in [-0.3, -0.25) is 9.59 Å². The Morgan fingerprint density at radius 3 is 2.62 bits per heavy atom. The van der Waals surface area contributed by atoms with Crippen LogP contribution in [-0.2, 0) is 4.79 Å². The Bertz CT molecular complexity index is 800. The molecule has 2 aromatic carbocycles. The van der Waals surface area contributed by atoms with Crippen LogP contribution in [0.25, 0.3) is 0 Å². The molecular weight excluding hydrogens is 328 g/mol. The first-order valence-electron chi connectivity index (χ1n) is 7.50. The van der Waals surface area contributed by atoms with E-state index in [1.807, 2.05) is 13.8 Å². The maximum absolute atomic E-state index is 12.3. The maximum atomic E-state index is 12.3. The molecule has 2 aromatic rings. The molecule has 1 aliphatic rings. The molecule has 2 N–H and O–H groups in total. The first kappa shape index (κ1) is 16.3. The summed E-state index contributed by atoms with van der Waals surface area (Å²) in [6.45, 7) is 3.93. The quantitative estimate of drug-likeness (QED) is 0.866. The van der Waals surface area contributed by atoms with E-state index in [2.05, 4.69) is 10.6 Å². The molecule has 0 fully saturated rings. The molecule has 0 unspecified atom stereocenters. The van der Waals surface area contributed by atoms with Crippen molar-refractivity contribution < 1.29 is 14.3 Å². The summed E-state index contributed by atoms with van der Waals surface area (Å²) in [5.74, 6) is 0.202. The predicted octanol–water partition coefficient (Wildman–Crippen LogP) is 3.95. The van der Waals surface area contributed by atoms with E-state index >= 15 is 0 Å². The fourth-order valence-corrected chi connectivity index (χ4v) is 2.38.